The third kappa shape index (κ3) is 1.95. The molecule has 0 aromatic carbocycles. The molecule has 0 unspecified atom stereocenters. The van der Waals surface area contributed by atoms with Crippen LogP contribution >= 0.6 is 0 Å². The summed E-state index contributed by atoms with van der Waals surface area (Å²) in [4.78, 5) is 24.0. The number of hydrogen-bond acceptors (Lipinski definition) is 4. The number of aromatic nitrogens is 5. The first kappa shape index (κ1) is 13.9. The maximum absolute atomic E-state index is 12.5. The Labute approximate surface area is 124 Å². The number of aryl methyl sites for hydroxylation is 1. The van der Waals surface area contributed by atoms with E-state index < -0.39 is 0 Å². The molecule has 0 atom stereocenters. The Balaban J connectivity index is 0.00000144. The molecule has 2 aliphatic heterocycles. The Bertz CT molecular complexity index is 974. The van der Waals surface area contributed by atoms with Crippen molar-refractivity contribution in [1.29, 1.82) is 0 Å². The summed E-state index contributed by atoms with van der Waals surface area (Å²) in [5, 5.41) is 5.28. The number of hydrogen-bond donors (Lipinski definition) is 1. The summed E-state index contributed by atoms with van der Waals surface area (Å²) in [5.74, 6) is 0. The standard InChI is InChI=1S/C15H11N5O.H2O/c1-9-4-5-11-13-12(8-17-14(11)18-9)15(21)20(19-13)10-3-2-6-16-7-10;/h2-8H,1H3,(H,17,18);1H2. The predicted octanol–water partition coefficient (Wildman–Crippen LogP) is 1.09. The van der Waals surface area contributed by atoms with Crippen LogP contribution in [0.1, 0.15) is 5.69 Å². The molecule has 0 spiro atoms. The minimum absolute atomic E-state index is 0. The number of rotatable bonds is 1. The molecule has 22 heavy (non-hydrogen) atoms. The van der Waals surface area contributed by atoms with Gasteiger partial charge in [0.25, 0.3) is 5.56 Å². The first-order valence-electron chi connectivity index (χ1n) is 6.52. The van der Waals surface area contributed by atoms with Gasteiger partial charge in [-0.25, -0.2) is 4.98 Å². The molecule has 0 fully saturated rings. The molecular weight excluding hydrogens is 282 g/mol. The molecule has 0 amide bonds. The molecule has 0 bridgehead atoms. The van der Waals surface area contributed by atoms with Gasteiger partial charge in [-0.1, -0.05) is 0 Å². The zero-order valence-corrected chi connectivity index (χ0v) is 11.7. The molecule has 0 saturated carbocycles. The van der Waals surface area contributed by atoms with E-state index in [0.29, 0.717) is 16.9 Å². The average Bonchev–Trinajstić information content (AvgIpc) is 2.85. The summed E-state index contributed by atoms with van der Waals surface area (Å²) < 4.78 is 1.37. The van der Waals surface area contributed by atoms with Gasteiger partial charge in [-0.2, -0.15) is 9.78 Å². The predicted molar refractivity (Wildman–Crippen MR) is 82.3 cm³/mol. The number of pyridine rings is 3. The molecular formula is C15H13N5O2. The van der Waals surface area contributed by atoms with Crippen molar-refractivity contribution in [3.63, 3.8) is 0 Å². The van der Waals surface area contributed by atoms with Gasteiger partial charge in [-0.3, -0.25) is 9.78 Å². The Kier molecular flexibility index (Phi) is 3.19. The third-order valence-corrected chi connectivity index (χ3v) is 3.41. The lowest BCUT2D eigenvalue weighted by molar-refractivity contribution is 0.824. The highest BCUT2D eigenvalue weighted by molar-refractivity contribution is 5.91. The first-order chi connectivity index (χ1) is 10.2. The molecule has 2 aromatic heterocycles. The molecule has 110 valence electrons. The number of nitrogens with zero attached hydrogens (tertiary/aromatic N) is 4. The largest absolute Gasteiger partial charge is 0.412 e. The zero-order chi connectivity index (χ0) is 14.4. The minimum Gasteiger partial charge on any atom is -0.412 e. The lowest BCUT2D eigenvalue weighted by Crippen LogP contribution is -2.14. The van der Waals surface area contributed by atoms with Gasteiger partial charge in [0, 0.05) is 23.5 Å². The normalized spacial score (nSPS) is 10.8. The van der Waals surface area contributed by atoms with Crippen LogP contribution in [-0.2, 0) is 0 Å². The van der Waals surface area contributed by atoms with Crippen LogP contribution < -0.4 is 5.56 Å². The smallest absolute Gasteiger partial charge is 0.282 e. The Hall–Kier alpha value is -3.06. The summed E-state index contributed by atoms with van der Waals surface area (Å²) >= 11 is 0. The molecule has 0 radical (unpaired) electrons. The van der Waals surface area contributed by atoms with E-state index in [1.165, 1.54) is 4.68 Å². The van der Waals surface area contributed by atoms with Gasteiger partial charge in [-0.05, 0) is 31.2 Å². The van der Waals surface area contributed by atoms with Crippen molar-refractivity contribution in [3.05, 3.63) is 58.9 Å². The van der Waals surface area contributed by atoms with Gasteiger partial charge in [0.1, 0.15) is 11.3 Å². The van der Waals surface area contributed by atoms with Crippen molar-refractivity contribution < 1.29 is 5.48 Å². The van der Waals surface area contributed by atoms with Gasteiger partial charge in [0.2, 0.25) is 0 Å². The summed E-state index contributed by atoms with van der Waals surface area (Å²) in [6.45, 7) is 1.92. The fraction of sp³-hybridized carbons (Fsp3) is 0.0667. The highest BCUT2D eigenvalue weighted by atomic mass is 16.1. The number of H-pyrrole nitrogens is 1. The molecule has 2 aromatic rings. The van der Waals surface area contributed by atoms with E-state index in [-0.39, 0.29) is 11.0 Å². The molecule has 0 saturated heterocycles. The molecule has 4 rings (SSSR count). The van der Waals surface area contributed by atoms with Gasteiger partial charge >= 0.3 is 0 Å². The van der Waals surface area contributed by atoms with Crippen molar-refractivity contribution in [3.8, 4) is 16.9 Å². The molecule has 4 heterocycles. The minimum atomic E-state index is -0.170. The summed E-state index contributed by atoms with van der Waals surface area (Å²) in [7, 11) is 0. The van der Waals surface area contributed by atoms with Crippen molar-refractivity contribution in [1.82, 2.24) is 24.7 Å². The topological polar surface area (TPSA) is 108 Å². The molecule has 0 aliphatic carbocycles. The van der Waals surface area contributed by atoms with Crippen LogP contribution in [0, 0.1) is 6.92 Å². The maximum atomic E-state index is 12.5. The fourth-order valence-electron chi connectivity index (χ4n) is 2.40. The second-order valence-electron chi connectivity index (χ2n) is 4.83. The Morgan fingerprint density at radius 3 is 2.86 bits per heavy atom. The molecule has 7 nitrogen and oxygen atoms in total. The van der Waals surface area contributed by atoms with Crippen molar-refractivity contribution in [2.45, 2.75) is 6.92 Å². The van der Waals surface area contributed by atoms with Crippen LogP contribution in [0.3, 0.4) is 0 Å². The highest BCUT2D eigenvalue weighted by Gasteiger charge is 2.19. The monoisotopic (exact) mass is 295 g/mol. The van der Waals surface area contributed by atoms with Crippen LogP contribution in [0.15, 0.2) is 47.7 Å². The van der Waals surface area contributed by atoms with Gasteiger partial charge in [0.05, 0.1) is 17.4 Å². The van der Waals surface area contributed by atoms with Crippen LogP contribution in [0.25, 0.3) is 28.0 Å². The first-order valence-corrected chi connectivity index (χ1v) is 6.52. The van der Waals surface area contributed by atoms with E-state index in [0.717, 1.165) is 16.7 Å². The SMILES string of the molecule is Cc1ccc2c3nn(-c4cccnc4)c(=O)c-3c[nH]c2n1.O. The van der Waals surface area contributed by atoms with E-state index in [4.69, 9.17) is 0 Å². The lowest BCUT2D eigenvalue weighted by Gasteiger charge is -2.02. The van der Waals surface area contributed by atoms with Gasteiger partial charge < -0.3 is 10.5 Å². The molecule has 2 aliphatic rings. The van der Waals surface area contributed by atoms with Gasteiger partial charge in [0.15, 0.2) is 0 Å². The van der Waals surface area contributed by atoms with E-state index in [2.05, 4.69) is 20.1 Å². The van der Waals surface area contributed by atoms with Crippen molar-refractivity contribution >= 4 is 11.0 Å². The molecule has 7 heteroatoms. The van der Waals surface area contributed by atoms with Gasteiger partial charge in [-0.15, -0.1) is 0 Å². The maximum Gasteiger partial charge on any atom is 0.282 e. The quantitative estimate of drug-likeness (QED) is 0.567. The van der Waals surface area contributed by atoms with Crippen LogP contribution in [0.5, 0.6) is 0 Å². The van der Waals surface area contributed by atoms with Crippen LogP contribution in [-0.4, -0.2) is 30.2 Å². The zero-order valence-electron chi connectivity index (χ0n) is 11.7. The van der Waals surface area contributed by atoms with Crippen LogP contribution in [0.4, 0.5) is 0 Å². The van der Waals surface area contributed by atoms with E-state index in [1.807, 2.05) is 19.1 Å². The second kappa shape index (κ2) is 5.05. The second-order valence-corrected chi connectivity index (χ2v) is 4.83. The van der Waals surface area contributed by atoms with E-state index in [1.54, 1.807) is 30.7 Å². The third-order valence-electron chi connectivity index (χ3n) is 3.41. The Morgan fingerprint density at radius 1 is 1.23 bits per heavy atom. The highest BCUT2D eigenvalue weighted by Crippen LogP contribution is 2.24. The summed E-state index contributed by atoms with van der Waals surface area (Å²) in [6.07, 6.45) is 4.93. The average molecular weight is 295 g/mol. The summed E-state index contributed by atoms with van der Waals surface area (Å²) in [5.41, 5.74) is 3.29. The fourth-order valence-corrected chi connectivity index (χ4v) is 2.40. The van der Waals surface area contributed by atoms with E-state index >= 15 is 0 Å². The van der Waals surface area contributed by atoms with Crippen molar-refractivity contribution in [2.24, 2.45) is 0 Å². The number of fused-ring (bicyclic) bond motifs is 3. The van der Waals surface area contributed by atoms with Crippen molar-refractivity contribution in [2.75, 3.05) is 0 Å². The van der Waals surface area contributed by atoms with Crippen LogP contribution in [0.2, 0.25) is 0 Å². The Morgan fingerprint density at radius 2 is 2.09 bits per heavy atom. The van der Waals surface area contributed by atoms with E-state index in [9.17, 15) is 4.79 Å². The number of aromatic amines is 1. The lowest BCUT2D eigenvalue weighted by atomic mass is 10.1. The summed E-state index contributed by atoms with van der Waals surface area (Å²) in [6, 6.07) is 7.41. The molecule has 3 N–H and O–H groups in total. The number of nitrogens with one attached hydrogen (secondary N) is 1.